The SMILES string of the molecule is COc1cc2c(c(OC)c1OC)CCC(NC(=O)OC(C)(C)C)C=C2OS(=O)(=O)F. The van der Waals surface area contributed by atoms with Crippen molar-refractivity contribution in [2.75, 3.05) is 21.3 Å². The number of rotatable bonds is 6. The molecular weight excluding hydrogens is 421 g/mol. The van der Waals surface area contributed by atoms with Gasteiger partial charge in [0.1, 0.15) is 5.60 Å². The van der Waals surface area contributed by atoms with Gasteiger partial charge < -0.3 is 28.4 Å². The highest BCUT2D eigenvalue weighted by atomic mass is 32.3. The van der Waals surface area contributed by atoms with Gasteiger partial charge in [0.05, 0.1) is 27.4 Å². The van der Waals surface area contributed by atoms with E-state index in [1.165, 1.54) is 33.5 Å². The minimum absolute atomic E-state index is 0.234. The fourth-order valence-corrected chi connectivity index (χ4v) is 3.45. The molecule has 1 aromatic rings. The number of methoxy groups -OCH3 is 3. The number of hydrogen-bond acceptors (Lipinski definition) is 8. The van der Waals surface area contributed by atoms with Gasteiger partial charge in [-0.1, -0.05) is 3.89 Å². The number of carbonyl (C=O) groups is 1. The summed E-state index contributed by atoms with van der Waals surface area (Å²) in [5, 5.41) is 2.62. The van der Waals surface area contributed by atoms with Crippen molar-refractivity contribution in [1.29, 1.82) is 0 Å². The van der Waals surface area contributed by atoms with Crippen LogP contribution >= 0.6 is 0 Å². The normalized spacial score (nSPS) is 16.5. The second-order valence-electron chi connectivity index (χ2n) is 7.47. The molecule has 1 amide bonds. The van der Waals surface area contributed by atoms with Crippen molar-refractivity contribution in [3.8, 4) is 17.2 Å². The number of amides is 1. The van der Waals surface area contributed by atoms with Gasteiger partial charge in [-0.3, -0.25) is 0 Å². The molecule has 0 aliphatic heterocycles. The maximum atomic E-state index is 13.4. The van der Waals surface area contributed by atoms with E-state index < -0.39 is 28.2 Å². The summed E-state index contributed by atoms with van der Waals surface area (Å²) in [4.78, 5) is 12.2. The van der Waals surface area contributed by atoms with Crippen LogP contribution in [0, 0.1) is 0 Å². The summed E-state index contributed by atoms with van der Waals surface area (Å²) in [6.07, 6.45) is 1.25. The van der Waals surface area contributed by atoms with E-state index in [2.05, 4.69) is 9.50 Å². The summed E-state index contributed by atoms with van der Waals surface area (Å²) in [6, 6.07) is 0.759. The van der Waals surface area contributed by atoms with Crippen molar-refractivity contribution in [2.45, 2.75) is 45.3 Å². The number of hydrogen-bond donors (Lipinski definition) is 1. The van der Waals surface area contributed by atoms with Crippen LogP contribution in [0.25, 0.3) is 5.76 Å². The summed E-state index contributed by atoms with van der Waals surface area (Å²) in [7, 11) is -1.11. The maximum Gasteiger partial charge on any atom is 0.488 e. The third-order valence-corrected chi connectivity index (χ3v) is 4.53. The lowest BCUT2D eigenvalue weighted by Gasteiger charge is -2.22. The Morgan fingerprint density at radius 2 is 1.77 bits per heavy atom. The monoisotopic (exact) mass is 447 g/mol. The molecule has 1 atom stereocenters. The predicted octanol–water partition coefficient (Wildman–Crippen LogP) is 3.12. The Morgan fingerprint density at radius 3 is 2.27 bits per heavy atom. The van der Waals surface area contributed by atoms with Crippen LogP contribution < -0.4 is 19.5 Å². The zero-order valence-electron chi connectivity index (χ0n) is 17.7. The van der Waals surface area contributed by atoms with E-state index in [1.807, 2.05) is 0 Å². The molecule has 1 aromatic carbocycles. The minimum atomic E-state index is -5.34. The van der Waals surface area contributed by atoms with Gasteiger partial charge in [0, 0.05) is 11.1 Å². The minimum Gasteiger partial charge on any atom is -0.493 e. The molecule has 0 bridgehead atoms. The molecule has 11 heteroatoms. The van der Waals surface area contributed by atoms with E-state index in [9.17, 15) is 17.1 Å². The van der Waals surface area contributed by atoms with Crippen LogP contribution in [0.4, 0.5) is 8.68 Å². The molecule has 0 heterocycles. The van der Waals surface area contributed by atoms with Crippen LogP contribution in [0.1, 0.15) is 38.3 Å². The molecule has 30 heavy (non-hydrogen) atoms. The van der Waals surface area contributed by atoms with Crippen molar-refractivity contribution in [3.63, 3.8) is 0 Å². The zero-order valence-corrected chi connectivity index (χ0v) is 18.5. The first-order valence-corrected chi connectivity index (χ1v) is 10.4. The highest BCUT2D eigenvalue weighted by Gasteiger charge is 2.30. The second-order valence-corrected chi connectivity index (χ2v) is 8.42. The fraction of sp³-hybridized carbons (Fsp3) is 0.526. The van der Waals surface area contributed by atoms with Crippen LogP contribution in [0.3, 0.4) is 0 Å². The Morgan fingerprint density at radius 1 is 1.13 bits per heavy atom. The van der Waals surface area contributed by atoms with Gasteiger partial charge in [0.15, 0.2) is 17.3 Å². The van der Waals surface area contributed by atoms with Crippen LogP contribution in [-0.4, -0.2) is 47.5 Å². The number of ether oxygens (including phenoxy) is 4. The molecule has 9 nitrogen and oxygen atoms in total. The first-order valence-electron chi connectivity index (χ1n) is 9.06. The number of carbonyl (C=O) groups excluding carboxylic acids is 1. The standard InChI is InChI=1S/C19H26FNO8S/c1-19(2,3)28-18(22)21-11-7-8-12-13(14(9-11)29-30(20,23)24)10-15(25-4)17(27-6)16(12)26-5/h9-11H,7-8H2,1-6H3,(H,21,22). The van der Waals surface area contributed by atoms with E-state index >= 15 is 0 Å². The third kappa shape index (κ3) is 5.91. The van der Waals surface area contributed by atoms with E-state index in [0.29, 0.717) is 24.2 Å². The maximum absolute atomic E-state index is 13.4. The van der Waals surface area contributed by atoms with Gasteiger partial charge in [0.25, 0.3) is 0 Å². The summed E-state index contributed by atoms with van der Waals surface area (Å²) < 4.78 is 61.8. The van der Waals surface area contributed by atoms with E-state index in [0.717, 1.165) is 0 Å². The summed E-state index contributed by atoms with van der Waals surface area (Å²) in [5.74, 6) is 0.498. The smallest absolute Gasteiger partial charge is 0.488 e. The Labute approximate surface area is 175 Å². The Bertz CT molecular complexity index is 937. The molecule has 1 aliphatic rings. The second kappa shape index (κ2) is 8.99. The molecule has 1 unspecified atom stereocenters. The van der Waals surface area contributed by atoms with Crippen LogP contribution in [0.2, 0.25) is 0 Å². The topological polar surface area (TPSA) is 109 Å². The Hall–Kier alpha value is -2.69. The van der Waals surface area contributed by atoms with Crippen molar-refractivity contribution in [1.82, 2.24) is 5.32 Å². The lowest BCUT2D eigenvalue weighted by molar-refractivity contribution is 0.0513. The van der Waals surface area contributed by atoms with E-state index in [-0.39, 0.29) is 22.8 Å². The number of nitrogens with one attached hydrogen (secondary N) is 1. The van der Waals surface area contributed by atoms with Crippen molar-refractivity contribution in [2.24, 2.45) is 0 Å². The van der Waals surface area contributed by atoms with Crippen LogP contribution in [0.15, 0.2) is 12.1 Å². The van der Waals surface area contributed by atoms with E-state index in [1.54, 1.807) is 20.8 Å². The summed E-state index contributed by atoms with van der Waals surface area (Å²) in [5.41, 5.74) is 0.0188. The predicted molar refractivity (Wildman–Crippen MR) is 107 cm³/mol. The fourth-order valence-electron chi connectivity index (χ4n) is 3.09. The number of fused-ring (bicyclic) bond motifs is 1. The lowest BCUT2D eigenvalue weighted by Crippen LogP contribution is -2.38. The van der Waals surface area contributed by atoms with Crippen LogP contribution in [-0.2, 0) is 25.8 Å². The summed E-state index contributed by atoms with van der Waals surface area (Å²) in [6.45, 7) is 5.12. The first kappa shape index (κ1) is 23.6. The van der Waals surface area contributed by atoms with E-state index in [4.69, 9.17) is 18.9 Å². The first-order chi connectivity index (χ1) is 13.9. The molecule has 2 rings (SSSR count). The molecule has 0 fully saturated rings. The molecule has 1 aliphatic carbocycles. The van der Waals surface area contributed by atoms with Gasteiger partial charge in [-0.2, -0.15) is 8.42 Å². The molecule has 0 spiro atoms. The molecular formula is C19H26FNO8S. The number of halogens is 1. The molecule has 0 saturated heterocycles. The Balaban J connectivity index is 2.55. The lowest BCUT2D eigenvalue weighted by atomic mass is 10.0. The molecule has 0 saturated carbocycles. The van der Waals surface area contributed by atoms with Crippen molar-refractivity contribution < 1.29 is 40.2 Å². The average Bonchev–Trinajstić information content (AvgIpc) is 2.76. The Kier molecular flexibility index (Phi) is 7.06. The zero-order chi connectivity index (χ0) is 22.7. The van der Waals surface area contributed by atoms with Gasteiger partial charge in [-0.25, -0.2) is 4.79 Å². The third-order valence-electron chi connectivity index (χ3n) is 4.15. The molecule has 0 radical (unpaired) electrons. The van der Waals surface area contributed by atoms with Gasteiger partial charge in [0.2, 0.25) is 5.75 Å². The molecule has 1 N–H and O–H groups in total. The van der Waals surface area contributed by atoms with Gasteiger partial charge >= 0.3 is 16.6 Å². The number of alkyl carbamates (subject to hydrolysis) is 1. The van der Waals surface area contributed by atoms with Crippen molar-refractivity contribution >= 4 is 22.4 Å². The van der Waals surface area contributed by atoms with Gasteiger partial charge in [-0.15, -0.1) is 0 Å². The average molecular weight is 447 g/mol. The summed E-state index contributed by atoms with van der Waals surface area (Å²) >= 11 is 0. The largest absolute Gasteiger partial charge is 0.493 e. The highest BCUT2D eigenvalue weighted by Crippen LogP contribution is 2.46. The molecule has 0 aromatic heterocycles. The highest BCUT2D eigenvalue weighted by molar-refractivity contribution is 7.81. The number of benzene rings is 1. The molecule has 168 valence electrons. The van der Waals surface area contributed by atoms with Crippen LogP contribution in [0.5, 0.6) is 17.2 Å². The quantitative estimate of drug-likeness (QED) is 0.663. The van der Waals surface area contributed by atoms with Gasteiger partial charge in [-0.05, 0) is 45.8 Å². The van der Waals surface area contributed by atoms with Crippen molar-refractivity contribution in [3.05, 3.63) is 23.3 Å².